The second-order valence-corrected chi connectivity index (χ2v) is 3.12. The summed E-state index contributed by atoms with van der Waals surface area (Å²) in [5, 5.41) is 0. The number of benzene rings is 1. The zero-order chi connectivity index (χ0) is 12.1. The van der Waals surface area contributed by atoms with Gasteiger partial charge in [-0.15, -0.1) is 0 Å². The number of hydrogen-bond acceptors (Lipinski definition) is 5. The lowest BCUT2D eigenvalue weighted by Crippen LogP contribution is -2.22. The molecule has 0 heterocycles. The van der Waals surface area contributed by atoms with Crippen LogP contribution in [0.1, 0.15) is 11.6 Å². The second kappa shape index (κ2) is 5.37. The summed E-state index contributed by atoms with van der Waals surface area (Å²) in [5.74, 6) is 0.620. The molecule has 0 unspecified atom stereocenters. The summed E-state index contributed by atoms with van der Waals surface area (Å²) in [6.45, 7) is 0. The molecule has 1 rings (SSSR count). The SMILES string of the molecule is COC(=O)[C@H](N)c1ccc(OC)c(OC)c1. The standard InChI is InChI=1S/C11H15NO4/c1-14-8-5-4-7(6-9(8)15-2)10(12)11(13)16-3/h4-6,10H,12H2,1-3H3/t10-/m1/s1. The van der Waals surface area contributed by atoms with Crippen molar-refractivity contribution in [3.63, 3.8) is 0 Å². The number of nitrogens with two attached hydrogens (primary N) is 1. The first kappa shape index (κ1) is 12.3. The molecule has 5 nitrogen and oxygen atoms in total. The van der Waals surface area contributed by atoms with Gasteiger partial charge in [0.15, 0.2) is 11.5 Å². The van der Waals surface area contributed by atoms with Gasteiger partial charge in [0.05, 0.1) is 21.3 Å². The fraction of sp³-hybridized carbons (Fsp3) is 0.364. The van der Waals surface area contributed by atoms with Gasteiger partial charge in [-0.05, 0) is 17.7 Å². The summed E-state index contributed by atoms with van der Waals surface area (Å²) < 4.78 is 14.7. The molecule has 0 spiro atoms. The van der Waals surface area contributed by atoms with Gasteiger partial charge in [-0.2, -0.15) is 0 Å². The van der Waals surface area contributed by atoms with Crippen LogP contribution in [-0.4, -0.2) is 27.3 Å². The Kier molecular flexibility index (Phi) is 4.13. The number of esters is 1. The minimum atomic E-state index is -0.815. The number of ether oxygens (including phenoxy) is 3. The van der Waals surface area contributed by atoms with Crippen LogP contribution >= 0.6 is 0 Å². The second-order valence-electron chi connectivity index (χ2n) is 3.12. The van der Waals surface area contributed by atoms with Crippen molar-refractivity contribution in [2.75, 3.05) is 21.3 Å². The maximum Gasteiger partial charge on any atom is 0.327 e. The molecule has 0 aromatic heterocycles. The van der Waals surface area contributed by atoms with Crippen LogP contribution in [-0.2, 0) is 9.53 Å². The first-order chi connectivity index (χ1) is 7.63. The third-order valence-corrected chi connectivity index (χ3v) is 2.22. The summed E-state index contributed by atoms with van der Waals surface area (Å²) in [7, 11) is 4.35. The molecule has 1 aromatic rings. The van der Waals surface area contributed by atoms with Gasteiger partial charge in [-0.25, -0.2) is 0 Å². The molecular formula is C11H15NO4. The lowest BCUT2D eigenvalue weighted by Gasteiger charge is -2.13. The third-order valence-electron chi connectivity index (χ3n) is 2.22. The number of carbonyl (C=O) groups excluding carboxylic acids is 1. The average Bonchev–Trinajstić information content (AvgIpc) is 2.35. The first-order valence-corrected chi connectivity index (χ1v) is 4.69. The van der Waals surface area contributed by atoms with Crippen LogP contribution in [0.15, 0.2) is 18.2 Å². The first-order valence-electron chi connectivity index (χ1n) is 4.69. The Bertz CT molecular complexity index is 378. The summed E-state index contributed by atoms with van der Waals surface area (Å²) in [5.41, 5.74) is 6.31. The van der Waals surface area contributed by atoms with Crippen molar-refractivity contribution in [2.45, 2.75) is 6.04 Å². The van der Waals surface area contributed by atoms with Crippen molar-refractivity contribution in [1.82, 2.24) is 0 Å². The number of rotatable bonds is 4. The molecule has 0 amide bonds. The lowest BCUT2D eigenvalue weighted by molar-refractivity contribution is -0.142. The fourth-order valence-corrected chi connectivity index (χ4v) is 1.31. The van der Waals surface area contributed by atoms with Crippen molar-refractivity contribution < 1.29 is 19.0 Å². The fourth-order valence-electron chi connectivity index (χ4n) is 1.31. The number of carbonyl (C=O) groups is 1. The lowest BCUT2D eigenvalue weighted by atomic mass is 10.1. The normalized spacial score (nSPS) is 11.8. The van der Waals surface area contributed by atoms with Gasteiger partial charge in [-0.1, -0.05) is 6.07 Å². The molecule has 0 saturated carbocycles. The maximum atomic E-state index is 11.2. The maximum absolute atomic E-state index is 11.2. The minimum Gasteiger partial charge on any atom is -0.493 e. The molecule has 0 aliphatic heterocycles. The topological polar surface area (TPSA) is 70.8 Å². The van der Waals surface area contributed by atoms with E-state index in [0.717, 1.165) is 0 Å². The average molecular weight is 225 g/mol. The van der Waals surface area contributed by atoms with Crippen LogP contribution < -0.4 is 15.2 Å². The molecule has 5 heteroatoms. The van der Waals surface area contributed by atoms with Crippen molar-refractivity contribution in [1.29, 1.82) is 0 Å². The highest BCUT2D eigenvalue weighted by molar-refractivity contribution is 5.77. The molecule has 0 bridgehead atoms. The zero-order valence-electron chi connectivity index (χ0n) is 9.52. The van der Waals surface area contributed by atoms with E-state index in [1.807, 2.05) is 0 Å². The zero-order valence-corrected chi connectivity index (χ0v) is 9.52. The summed E-state index contributed by atoms with van der Waals surface area (Å²) >= 11 is 0. The van der Waals surface area contributed by atoms with Crippen molar-refractivity contribution in [3.05, 3.63) is 23.8 Å². The quantitative estimate of drug-likeness (QED) is 0.770. The third kappa shape index (κ3) is 2.43. The van der Waals surface area contributed by atoms with Gasteiger partial charge in [0.2, 0.25) is 0 Å². The Balaban J connectivity index is 3.03. The highest BCUT2D eigenvalue weighted by Crippen LogP contribution is 2.29. The molecular weight excluding hydrogens is 210 g/mol. The van der Waals surface area contributed by atoms with Crippen molar-refractivity contribution in [3.8, 4) is 11.5 Å². The van der Waals surface area contributed by atoms with E-state index in [2.05, 4.69) is 4.74 Å². The summed E-state index contributed by atoms with van der Waals surface area (Å²) in [4.78, 5) is 11.2. The van der Waals surface area contributed by atoms with Gasteiger partial charge in [0, 0.05) is 0 Å². The Morgan fingerprint density at radius 3 is 2.31 bits per heavy atom. The van der Waals surface area contributed by atoms with E-state index < -0.39 is 12.0 Å². The van der Waals surface area contributed by atoms with Crippen LogP contribution in [0.2, 0.25) is 0 Å². The van der Waals surface area contributed by atoms with Gasteiger partial charge in [0.1, 0.15) is 6.04 Å². The molecule has 1 aromatic carbocycles. The Labute approximate surface area is 94.1 Å². The number of hydrogen-bond donors (Lipinski definition) is 1. The molecule has 1 atom stereocenters. The molecule has 0 aliphatic rings. The van der Waals surface area contributed by atoms with E-state index in [1.54, 1.807) is 18.2 Å². The van der Waals surface area contributed by atoms with E-state index in [4.69, 9.17) is 15.2 Å². The van der Waals surface area contributed by atoms with Crippen molar-refractivity contribution in [2.24, 2.45) is 5.73 Å². The Morgan fingerprint density at radius 1 is 1.19 bits per heavy atom. The highest BCUT2D eigenvalue weighted by atomic mass is 16.5. The Hall–Kier alpha value is -1.75. The van der Waals surface area contributed by atoms with E-state index in [1.165, 1.54) is 21.3 Å². The van der Waals surface area contributed by atoms with Gasteiger partial charge in [-0.3, -0.25) is 4.79 Å². The van der Waals surface area contributed by atoms with Crippen molar-refractivity contribution >= 4 is 5.97 Å². The minimum absolute atomic E-state index is 0.493. The predicted octanol–water partition coefficient (Wildman–Crippen LogP) is 0.877. The molecule has 88 valence electrons. The molecule has 0 saturated heterocycles. The van der Waals surface area contributed by atoms with Crippen LogP contribution in [0, 0.1) is 0 Å². The summed E-state index contributed by atoms with van der Waals surface area (Å²) in [6, 6.07) is 4.23. The molecule has 2 N–H and O–H groups in total. The molecule has 16 heavy (non-hydrogen) atoms. The molecule has 0 aliphatic carbocycles. The van der Waals surface area contributed by atoms with Gasteiger partial charge >= 0.3 is 5.97 Å². The summed E-state index contributed by atoms with van der Waals surface area (Å²) in [6.07, 6.45) is 0. The smallest absolute Gasteiger partial charge is 0.327 e. The van der Waals surface area contributed by atoms with Gasteiger partial charge in [0.25, 0.3) is 0 Å². The van der Waals surface area contributed by atoms with Crippen LogP contribution in [0.25, 0.3) is 0 Å². The van der Waals surface area contributed by atoms with Gasteiger partial charge < -0.3 is 19.9 Å². The Morgan fingerprint density at radius 2 is 1.81 bits per heavy atom. The number of methoxy groups -OCH3 is 3. The largest absolute Gasteiger partial charge is 0.493 e. The van der Waals surface area contributed by atoms with E-state index >= 15 is 0 Å². The van der Waals surface area contributed by atoms with E-state index in [-0.39, 0.29) is 0 Å². The van der Waals surface area contributed by atoms with Crippen LogP contribution in [0.4, 0.5) is 0 Å². The highest BCUT2D eigenvalue weighted by Gasteiger charge is 2.17. The molecule has 0 fully saturated rings. The molecule has 0 radical (unpaired) electrons. The predicted molar refractivity (Wildman–Crippen MR) is 58.5 cm³/mol. The van der Waals surface area contributed by atoms with E-state index in [9.17, 15) is 4.79 Å². The monoisotopic (exact) mass is 225 g/mol. The van der Waals surface area contributed by atoms with Crippen LogP contribution in [0.5, 0.6) is 11.5 Å². The van der Waals surface area contributed by atoms with Crippen LogP contribution in [0.3, 0.4) is 0 Å². The van der Waals surface area contributed by atoms with E-state index in [0.29, 0.717) is 17.1 Å².